The van der Waals surface area contributed by atoms with Crippen molar-refractivity contribution in [3.63, 3.8) is 0 Å². The fourth-order valence-electron chi connectivity index (χ4n) is 2.70. The monoisotopic (exact) mass is 277 g/mol. The van der Waals surface area contributed by atoms with Crippen LogP contribution >= 0.6 is 0 Å². The molecule has 6 heteroatoms. The van der Waals surface area contributed by atoms with Crippen molar-refractivity contribution < 1.29 is 14.6 Å². The van der Waals surface area contributed by atoms with Gasteiger partial charge in [-0.1, -0.05) is 6.08 Å². The Labute approximate surface area is 118 Å². The lowest BCUT2D eigenvalue weighted by molar-refractivity contribution is -0.149. The molecule has 2 heterocycles. The number of piperidine rings is 1. The Balaban J connectivity index is 2.29. The molecule has 0 unspecified atom stereocenters. The van der Waals surface area contributed by atoms with Crippen molar-refractivity contribution in [1.82, 2.24) is 9.97 Å². The van der Waals surface area contributed by atoms with Crippen LogP contribution in [0.3, 0.4) is 0 Å². The smallest absolute Gasteiger partial charge is 0.311 e. The molecule has 1 N–H and O–H groups in total. The molecule has 6 nitrogen and oxygen atoms in total. The zero-order chi connectivity index (χ0) is 14.6. The fourth-order valence-corrected chi connectivity index (χ4v) is 2.70. The van der Waals surface area contributed by atoms with Crippen LogP contribution in [0.5, 0.6) is 5.88 Å². The first kappa shape index (κ1) is 14.3. The maximum atomic E-state index is 11.7. The summed E-state index contributed by atoms with van der Waals surface area (Å²) in [6.07, 6.45) is 6.70. The molecule has 1 aliphatic rings. The van der Waals surface area contributed by atoms with Gasteiger partial charge in [0.1, 0.15) is 0 Å². The van der Waals surface area contributed by atoms with Crippen molar-refractivity contribution in [2.75, 3.05) is 25.1 Å². The van der Waals surface area contributed by atoms with Crippen LogP contribution in [-0.2, 0) is 4.79 Å². The highest BCUT2D eigenvalue weighted by molar-refractivity contribution is 5.76. The van der Waals surface area contributed by atoms with Crippen molar-refractivity contribution >= 4 is 11.8 Å². The quantitative estimate of drug-likeness (QED) is 0.826. The van der Waals surface area contributed by atoms with Gasteiger partial charge < -0.3 is 14.7 Å². The fraction of sp³-hybridized carbons (Fsp3) is 0.500. The van der Waals surface area contributed by atoms with Crippen LogP contribution in [0, 0.1) is 5.41 Å². The number of methoxy groups -OCH3 is 1. The van der Waals surface area contributed by atoms with Gasteiger partial charge >= 0.3 is 5.97 Å². The maximum absolute atomic E-state index is 11.7. The number of aliphatic carboxylic acids is 1. The van der Waals surface area contributed by atoms with Crippen LogP contribution in [0.2, 0.25) is 0 Å². The summed E-state index contributed by atoms with van der Waals surface area (Å²) in [4.78, 5) is 22.0. The first-order valence-electron chi connectivity index (χ1n) is 6.57. The molecule has 0 spiro atoms. The predicted molar refractivity (Wildman–Crippen MR) is 74.9 cm³/mol. The van der Waals surface area contributed by atoms with Crippen LogP contribution in [0.1, 0.15) is 19.3 Å². The summed E-state index contributed by atoms with van der Waals surface area (Å²) in [5.41, 5.74) is -0.803. The number of carboxylic acids is 1. The van der Waals surface area contributed by atoms with Gasteiger partial charge in [-0.3, -0.25) is 4.79 Å². The number of hydrogen-bond acceptors (Lipinski definition) is 5. The second kappa shape index (κ2) is 5.90. The van der Waals surface area contributed by atoms with Crippen molar-refractivity contribution in [2.45, 2.75) is 19.3 Å². The van der Waals surface area contributed by atoms with E-state index in [9.17, 15) is 9.90 Å². The van der Waals surface area contributed by atoms with E-state index in [0.717, 1.165) is 13.0 Å². The van der Waals surface area contributed by atoms with Crippen LogP contribution in [-0.4, -0.2) is 41.2 Å². The highest BCUT2D eigenvalue weighted by Gasteiger charge is 2.42. The summed E-state index contributed by atoms with van der Waals surface area (Å²) in [6.45, 7) is 4.82. The lowest BCUT2D eigenvalue weighted by atomic mass is 9.77. The summed E-state index contributed by atoms with van der Waals surface area (Å²) >= 11 is 0. The Morgan fingerprint density at radius 2 is 2.35 bits per heavy atom. The molecule has 1 aliphatic heterocycles. The zero-order valence-electron chi connectivity index (χ0n) is 11.6. The van der Waals surface area contributed by atoms with E-state index < -0.39 is 11.4 Å². The summed E-state index contributed by atoms with van der Waals surface area (Å²) in [5.74, 6) is 0.238. The maximum Gasteiger partial charge on any atom is 0.311 e. The standard InChI is InChI=1S/C14H19N3O3/c1-3-5-14(13(18)19)6-4-9-17(10-14)11-12(20-2)16-8-7-15-11/h3,7-8H,1,4-6,9-10H2,2H3,(H,18,19)/t14-/m0/s1. The van der Waals surface area contributed by atoms with Crippen LogP contribution in [0.25, 0.3) is 0 Å². The number of ether oxygens (including phenoxy) is 1. The largest absolute Gasteiger partial charge is 0.481 e. The van der Waals surface area contributed by atoms with Crippen molar-refractivity contribution in [1.29, 1.82) is 0 Å². The third-order valence-electron chi connectivity index (χ3n) is 3.71. The number of allylic oxidation sites excluding steroid dienone is 1. The molecule has 0 aliphatic carbocycles. The molecule has 1 atom stereocenters. The van der Waals surface area contributed by atoms with Gasteiger partial charge in [-0.2, -0.15) is 0 Å². The van der Waals surface area contributed by atoms with E-state index in [2.05, 4.69) is 16.5 Å². The second-order valence-electron chi connectivity index (χ2n) is 4.99. The number of rotatable bonds is 5. The van der Waals surface area contributed by atoms with E-state index in [1.807, 2.05) is 4.90 Å². The molecule has 1 saturated heterocycles. The van der Waals surface area contributed by atoms with Crippen molar-refractivity contribution in [3.05, 3.63) is 25.0 Å². The van der Waals surface area contributed by atoms with Gasteiger partial charge in [-0.15, -0.1) is 6.58 Å². The van der Waals surface area contributed by atoms with E-state index in [-0.39, 0.29) is 0 Å². The lowest BCUT2D eigenvalue weighted by Gasteiger charge is -2.40. The number of hydrogen-bond donors (Lipinski definition) is 1. The molecule has 1 aromatic heterocycles. The third-order valence-corrected chi connectivity index (χ3v) is 3.71. The molecule has 20 heavy (non-hydrogen) atoms. The van der Waals surface area contributed by atoms with E-state index in [1.165, 1.54) is 7.11 Å². The Kier molecular flexibility index (Phi) is 4.22. The minimum Gasteiger partial charge on any atom is -0.481 e. The predicted octanol–water partition coefficient (Wildman–Crippen LogP) is 1.73. The molecule has 1 aromatic rings. The molecule has 0 radical (unpaired) electrons. The first-order chi connectivity index (χ1) is 9.63. The second-order valence-corrected chi connectivity index (χ2v) is 4.99. The minimum atomic E-state index is -0.803. The molecule has 0 saturated carbocycles. The molecule has 1 fully saturated rings. The highest BCUT2D eigenvalue weighted by atomic mass is 16.5. The van der Waals surface area contributed by atoms with Crippen molar-refractivity contribution in [3.8, 4) is 5.88 Å². The van der Waals surface area contributed by atoms with Gasteiger partial charge in [0.25, 0.3) is 5.88 Å². The summed E-state index contributed by atoms with van der Waals surface area (Å²) in [6, 6.07) is 0. The summed E-state index contributed by atoms with van der Waals surface area (Å²) in [5, 5.41) is 9.57. The van der Waals surface area contributed by atoms with Crippen LogP contribution in [0.15, 0.2) is 25.0 Å². The van der Waals surface area contributed by atoms with Crippen LogP contribution in [0.4, 0.5) is 5.82 Å². The van der Waals surface area contributed by atoms with E-state index in [4.69, 9.17) is 4.74 Å². The van der Waals surface area contributed by atoms with Gasteiger partial charge in [0, 0.05) is 25.5 Å². The molecule has 0 bridgehead atoms. The molecule has 0 aromatic carbocycles. The molecular weight excluding hydrogens is 258 g/mol. The Morgan fingerprint density at radius 1 is 1.60 bits per heavy atom. The van der Waals surface area contributed by atoms with Gasteiger partial charge in [0.2, 0.25) is 0 Å². The average molecular weight is 277 g/mol. The summed E-state index contributed by atoms with van der Waals surface area (Å²) < 4.78 is 5.20. The molecular formula is C14H19N3O3. The van der Waals surface area contributed by atoms with Gasteiger partial charge in [0.15, 0.2) is 5.82 Å². The number of carboxylic acid groups (broad SMARTS) is 1. The minimum absolute atomic E-state index is 0.392. The number of anilines is 1. The average Bonchev–Trinajstić information content (AvgIpc) is 2.47. The molecule has 108 valence electrons. The SMILES string of the molecule is C=CC[C@]1(C(=O)O)CCCN(c2nccnc2OC)C1. The van der Waals surface area contributed by atoms with Crippen LogP contribution < -0.4 is 9.64 Å². The Bertz CT molecular complexity index is 506. The van der Waals surface area contributed by atoms with E-state index in [1.54, 1.807) is 18.5 Å². The topological polar surface area (TPSA) is 75.5 Å². The van der Waals surface area contributed by atoms with E-state index in [0.29, 0.717) is 31.1 Å². The lowest BCUT2D eigenvalue weighted by Crippen LogP contribution is -2.48. The first-order valence-corrected chi connectivity index (χ1v) is 6.57. The summed E-state index contributed by atoms with van der Waals surface area (Å²) in [7, 11) is 1.53. The molecule has 0 amide bonds. The third kappa shape index (κ3) is 2.59. The number of carbonyl (C=O) groups is 1. The van der Waals surface area contributed by atoms with Gasteiger partial charge in [-0.05, 0) is 19.3 Å². The highest BCUT2D eigenvalue weighted by Crippen LogP contribution is 2.37. The number of aromatic nitrogens is 2. The number of nitrogens with zero attached hydrogens (tertiary/aromatic N) is 3. The van der Waals surface area contributed by atoms with Crippen molar-refractivity contribution in [2.24, 2.45) is 5.41 Å². The van der Waals surface area contributed by atoms with Gasteiger partial charge in [0.05, 0.1) is 12.5 Å². The zero-order valence-corrected chi connectivity index (χ0v) is 11.6. The van der Waals surface area contributed by atoms with Gasteiger partial charge in [-0.25, -0.2) is 9.97 Å². The van der Waals surface area contributed by atoms with E-state index >= 15 is 0 Å². The Hall–Kier alpha value is -2.11. The normalized spacial score (nSPS) is 22.4. The molecule has 2 rings (SSSR count). The Morgan fingerprint density at radius 3 is 3.00 bits per heavy atom.